The van der Waals surface area contributed by atoms with Crippen molar-refractivity contribution in [2.75, 3.05) is 0 Å². The molecular formula is C13H18N4O. The maximum absolute atomic E-state index is 12.1. The molecule has 2 aromatic heterocycles. The van der Waals surface area contributed by atoms with Crippen LogP contribution in [0.25, 0.3) is 0 Å². The maximum Gasteiger partial charge on any atom is 0.268 e. The van der Waals surface area contributed by atoms with Crippen LogP contribution >= 0.6 is 0 Å². The highest BCUT2D eigenvalue weighted by Crippen LogP contribution is 2.11. The highest BCUT2D eigenvalue weighted by atomic mass is 16.2. The molecule has 0 saturated heterocycles. The van der Waals surface area contributed by atoms with Crippen molar-refractivity contribution in [3.05, 3.63) is 42.0 Å². The lowest BCUT2D eigenvalue weighted by molar-refractivity contribution is 0.0930. The van der Waals surface area contributed by atoms with Gasteiger partial charge in [-0.05, 0) is 25.5 Å². The standard InChI is InChI=1S/C13H18N4O/c1-3-6-17-7-4-5-12(17)13(18)16-10(2)11-8-14-15-9-11/h4-5,7-10H,3,6H2,1-2H3,(H,14,15)(H,16,18). The second-order valence-corrected chi connectivity index (χ2v) is 4.31. The van der Waals surface area contributed by atoms with Gasteiger partial charge in [0.25, 0.3) is 5.91 Å². The summed E-state index contributed by atoms with van der Waals surface area (Å²) in [5.74, 6) is -0.0536. The second kappa shape index (κ2) is 5.53. The first-order valence-corrected chi connectivity index (χ1v) is 6.17. The molecule has 0 radical (unpaired) electrons. The van der Waals surface area contributed by atoms with Gasteiger partial charge in [0.05, 0.1) is 12.2 Å². The van der Waals surface area contributed by atoms with Gasteiger partial charge in [0.2, 0.25) is 0 Å². The zero-order chi connectivity index (χ0) is 13.0. The SMILES string of the molecule is CCCn1cccc1C(=O)NC(C)c1cn[nH]c1. The normalized spacial score (nSPS) is 12.3. The molecule has 2 rings (SSSR count). The molecule has 0 aliphatic carbocycles. The number of carbonyl (C=O) groups is 1. The molecule has 1 unspecified atom stereocenters. The zero-order valence-corrected chi connectivity index (χ0v) is 10.7. The first-order valence-electron chi connectivity index (χ1n) is 6.17. The van der Waals surface area contributed by atoms with Crippen LogP contribution in [0.15, 0.2) is 30.7 Å². The second-order valence-electron chi connectivity index (χ2n) is 4.31. The van der Waals surface area contributed by atoms with Crippen molar-refractivity contribution in [1.29, 1.82) is 0 Å². The number of carbonyl (C=O) groups excluding carboxylic acids is 1. The number of nitrogens with zero attached hydrogens (tertiary/aromatic N) is 2. The molecule has 0 spiro atoms. The molecule has 0 aliphatic rings. The highest BCUT2D eigenvalue weighted by Gasteiger charge is 2.14. The average Bonchev–Trinajstić information content (AvgIpc) is 3.00. The lowest BCUT2D eigenvalue weighted by Crippen LogP contribution is -2.28. The third-order valence-corrected chi connectivity index (χ3v) is 2.89. The van der Waals surface area contributed by atoms with Gasteiger partial charge in [-0.15, -0.1) is 0 Å². The molecule has 1 atom stereocenters. The van der Waals surface area contributed by atoms with Gasteiger partial charge in [0.15, 0.2) is 0 Å². The predicted octanol–water partition coefficient (Wildman–Crippen LogP) is 2.11. The molecule has 2 aromatic rings. The molecule has 1 amide bonds. The van der Waals surface area contributed by atoms with Gasteiger partial charge in [-0.1, -0.05) is 6.92 Å². The number of hydrogen-bond acceptors (Lipinski definition) is 2. The van der Waals surface area contributed by atoms with E-state index in [0.29, 0.717) is 5.69 Å². The monoisotopic (exact) mass is 246 g/mol. The molecule has 0 aliphatic heterocycles. The lowest BCUT2D eigenvalue weighted by atomic mass is 10.2. The molecule has 0 saturated carbocycles. The Hall–Kier alpha value is -2.04. The van der Waals surface area contributed by atoms with Crippen molar-refractivity contribution < 1.29 is 4.79 Å². The number of rotatable bonds is 5. The smallest absolute Gasteiger partial charge is 0.268 e. The van der Waals surface area contributed by atoms with E-state index in [1.807, 2.05) is 29.8 Å². The number of hydrogen-bond donors (Lipinski definition) is 2. The molecule has 2 N–H and O–H groups in total. The van der Waals surface area contributed by atoms with E-state index in [1.165, 1.54) is 0 Å². The summed E-state index contributed by atoms with van der Waals surface area (Å²) in [6.45, 7) is 4.89. The topological polar surface area (TPSA) is 62.7 Å². The molecule has 0 aromatic carbocycles. The minimum absolute atomic E-state index is 0.0536. The molecule has 0 fully saturated rings. The Balaban J connectivity index is 2.05. The number of nitrogens with one attached hydrogen (secondary N) is 2. The number of amides is 1. The fourth-order valence-electron chi connectivity index (χ4n) is 1.91. The Morgan fingerprint density at radius 3 is 3.11 bits per heavy atom. The lowest BCUT2D eigenvalue weighted by Gasteiger charge is -2.13. The third kappa shape index (κ3) is 2.61. The maximum atomic E-state index is 12.1. The molecular weight excluding hydrogens is 228 g/mol. The first-order chi connectivity index (χ1) is 8.72. The van der Waals surface area contributed by atoms with Crippen LogP contribution in [-0.2, 0) is 6.54 Å². The molecule has 18 heavy (non-hydrogen) atoms. The van der Waals surface area contributed by atoms with Crippen LogP contribution in [0.4, 0.5) is 0 Å². The Kier molecular flexibility index (Phi) is 3.82. The van der Waals surface area contributed by atoms with Crippen LogP contribution in [0.5, 0.6) is 0 Å². The fourth-order valence-corrected chi connectivity index (χ4v) is 1.91. The van der Waals surface area contributed by atoms with Crippen LogP contribution in [0.1, 0.15) is 42.4 Å². The van der Waals surface area contributed by atoms with E-state index >= 15 is 0 Å². The molecule has 5 heteroatoms. The summed E-state index contributed by atoms with van der Waals surface area (Å²) < 4.78 is 1.97. The van der Waals surface area contributed by atoms with E-state index in [2.05, 4.69) is 22.4 Å². The van der Waals surface area contributed by atoms with E-state index in [1.54, 1.807) is 12.4 Å². The summed E-state index contributed by atoms with van der Waals surface area (Å²) in [5.41, 5.74) is 1.67. The minimum atomic E-state index is -0.0544. The van der Waals surface area contributed by atoms with E-state index < -0.39 is 0 Å². The van der Waals surface area contributed by atoms with E-state index in [-0.39, 0.29) is 11.9 Å². The third-order valence-electron chi connectivity index (χ3n) is 2.89. The summed E-state index contributed by atoms with van der Waals surface area (Å²) >= 11 is 0. The van der Waals surface area contributed by atoms with E-state index in [9.17, 15) is 4.79 Å². The Morgan fingerprint density at radius 1 is 1.61 bits per heavy atom. The quantitative estimate of drug-likeness (QED) is 0.848. The molecule has 96 valence electrons. The Labute approximate surface area is 106 Å². The van der Waals surface area contributed by atoms with Gasteiger partial charge in [-0.3, -0.25) is 9.89 Å². The van der Waals surface area contributed by atoms with Crippen molar-refractivity contribution in [2.24, 2.45) is 0 Å². The van der Waals surface area contributed by atoms with Crippen molar-refractivity contribution in [2.45, 2.75) is 32.9 Å². The van der Waals surface area contributed by atoms with Crippen LogP contribution in [0.3, 0.4) is 0 Å². The highest BCUT2D eigenvalue weighted by molar-refractivity contribution is 5.93. The van der Waals surface area contributed by atoms with Crippen molar-refractivity contribution >= 4 is 5.91 Å². The summed E-state index contributed by atoms with van der Waals surface area (Å²) in [6, 6.07) is 3.68. The summed E-state index contributed by atoms with van der Waals surface area (Å²) in [5, 5.41) is 9.59. The molecule has 2 heterocycles. The number of H-pyrrole nitrogens is 1. The number of aryl methyl sites for hydroxylation is 1. The van der Waals surface area contributed by atoms with E-state index in [4.69, 9.17) is 0 Å². The van der Waals surface area contributed by atoms with Gasteiger partial charge in [0.1, 0.15) is 5.69 Å². The van der Waals surface area contributed by atoms with Gasteiger partial charge in [-0.2, -0.15) is 5.10 Å². The largest absolute Gasteiger partial charge is 0.344 e. The van der Waals surface area contributed by atoms with Crippen LogP contribution in [0.2, 0.25) is 0 Å². The van der Waals surface area contributed by atoms with Crippen LogP contribution in [0, 0.1) is 0 Å². The van der Waals surface area contributed by atoms with Gasteiger partial charge in [0, 0.05) is 24.5 Å². The van der Waals surface area contributed by atoms with Gasteiger partial charge in [-0.25, -0.2) is 0 Å². The summed E-state index contributed by atoms with van der Waals surface area (Å²) in [7, 11) is 0. The Bertz CT molecular complexity index is 501. The minimum Gasteiger partial charge on any atom is -0.344 e. The summed E-state index contributed by atoms with van der Waals surface area (Å²) in [4.78, 5) is 12.1. The number of aromatic nitrogens is 3. The first kappa shape index (κ1) is 12.4. The van der Waals surface area contributed by atoms with E-state index in [0.717, 1.165) is 18.5 Å². The fraction of sp³-hybridized carbons (Fsp3) is 0.385. The predicted molar refractivity (Wildman–Crippen MR) is 69.2 cm³/mol. The molecule has 0 bridgehead atoms. The van der Waals surface area contributed by atoms with Crippen LogP contribution < -0.4 is 5.32 Å². The van der Waals surface area contributed by atoms with Crippen molar-refractivity contribution in [3.63, 3.8) is 0 Å². The average molecular weight is 246 g/mol. The summed E-state index contributed by atoms with van der Waals surface area (Å²) in [6.07, 6.45) is 6.44. The van der Waals surface area contributed by atoms with Crippen LogP contribution in [-0.4, -0.2) is 20.7 Å². The van der Waals surface area contributed by atoms with Gasteiger partial charge < -0.3 is 9.88 Å². The van der Waals surface area contributed by atoms with Crippen molar-refractivity contribution in [3.8, 4) is 0 Å². The molecule has 5 nitrogen and oxygen atoms in total. The zero-order valence-electron chi connectivity index (χ0n) is 10.7. The van der Waals surface area contributed by atoms with Gasteiger partial charge >= 0.3 is 0 Å². The number of aromatic amines is 1. The Morgan fingerprint density at radius 2 is 2.44 bits per heavy atom. The van der Waals surface area contributed by atoms with Crippen molar-refractivity contribution in [1.82, 2.24) is 20.1 Å².